The summed E-state index contributed by atoms with van der Waals surface area (Å²) in [7, 11) is 0. The lowest BCUT2D eigenvalue weighted by atomic mass is 9.87. The van der Waals surface area contributed by atoms with Gasteiger partial charge in [-0.05, 0) is 172 Å². The Hall–Kier alpha value is -8.72. The molecule has 0 aliphatic rings. The Bertz CT molecular complexity index is 3620. The highest BCUT2D eigenvalue weighted by Gasteiger charge is 2.21. The van der Waals surface area contributed by atoms with Gasteiger partial charge in [0.15, 0.2) is 0 Å². The first-order valence-electron chi connectivity index (χ1n) is 26.0. The SMILES string of the molecule is CC(C)(C)c1ccc(N(c2ccc(-c3ccccc3)cc2)c2ccc(-c3ccc4ccc5c(-c6ccc(N(c7ccc(-c8ccccc8)cc7)c7ccc(C(C)(C)C)cc7)cc6)ccc6ccc3c4c65)cc2)cc1. The van der Waals surface area contributed by atoms with E-state index in [0.29, 0.717) is 0 Å². The zero-order valence-corrected chi connectivity index (χ0v) is 43.1. The van der Waals surface area contributed by atoms with Crippen LogP contribution >= 0.6 is 0 Å². The summed E-state index contributed by atoms with van der Waals surface area (Å²) in [5.41, 5.74) is 19.2. The van der Waals surface area contributed by atoms with Crippen LogP contribution in [0.15, 0.2) is 255 Å². The molecule has 0 bridgehead atoms. The van der Waals surface area contributed by atoms with Crippen molar-refractivity contribution in [3.63, 3.8) is 0 Å². The fourth-order valence-electron chi connectivity index (χ4n) is 10.9. The van der Waals surface area contributed by atoms with Crippen molar-refractivity contribution in [2.24, 2.45) is 0 Å². The van der Waals surface area contributed by atoms with Gasteiger partial charge in [-0.3, -0.25) is 0 Å². The van der Waals surface area contributed by atoms with Crippen LogP contribution < -0.4 is 9.80 Å². The van der Waals surface area contributed by atoms with E-state index in [1.807, 2.05) is 0 Å². The first kappa shape index (κ1) is 46.4. The van der Waals surface area contributed by atoms with Crippen molar-refractivity contribution in [2.45, 2.75) is 52.4 Å². The van der Waals surface area contributed by atoms with E-state index in [4.69, 9.17) is 0 Å². The molecule has 0 spiro atoms. The maximum absolute atomic E-state index is 2.37. The van der Waals surface area contributed by atoms with Crippen LogP contribution in [0.5, 0.6) is 0 Å². The molecule has 0 fully saturated rings. The minimum Gasteiger partial charge on any atom is -0.311 e. The summed E-state index contributed by atoms with van der Waals surface area (Å²) in [6, 6.07) is 94.0. The third-order valence-corrected chi connectivity index (χ3v) is 15.0. The molecule has 0 atom stereocenters. The van der Waals surface area contributed by atoms with Crippen LogP contribution in [0.25, 0.3) is 76.8 Å². The molecule has 12 rings (SSSR count). The maximum Gasteiger partial charge on any atom is 0.0462 e. The smallest absolute Gasteiger partial charge is 0.0462 e. The Morgan fingerprint density at radius 1 is 0.230 bits per heavy atom. The Morgan fingerprint density at radius 3 is 0.784 bits per heavy atom. The Balaban J connectivity index is 0.894. The second-order valence-electron chi connectivity index (χ2n) is 21.8. The van der Waals surface area contributed by atoms with Crippen molar-refractivity contribution in [1.82, 2.24) is 0 Å². The van der Waals surface area contributed by atoms with E-state index in [9.17, 15) is 0 Å². The van der Waals surface area contributed by atoms with Gasteiger partial charge in [0.25, 0.3) is 0 Å². The molecule has 0 aliphatic heterocycles. The normalized spacial score (nSPS) is 11.9. The zero-order valence-electron chi connectivity index (χ0n) is 43.1. The zero-order chi connectivity index (χ0) is 50.6. The Kier molecular flexibility index (Phi) is 11.7. The molecular formula is C72H60N2. The Labute approximate surface area is 436 Å². The second kappa shape index (κ2) is 18.7. The van der Waals surface area contributed by atoms with Crippen LogP contribution in [0.4, 0.5) is 34.1 Å². The molecular weight excluding hydrogens is 893 g/mol. The molecule has 12 aromatic carbocycles. The summed E-state index contributed by atoms with van der Waals surface area (Å²) >= 11 is 0. The van der Waals surface area contributed by atoms with Crippen molar-refractivity contribution >= 4 is 66.4 Å². The summed E-state index contributed by atoms with van der Waals surface area (Å²) in [6.45, 7) is 13.6. The molecule has 0 aromatic heterocycles. The lowest BCUT2D eigenvalue weighted by Crippen LogP contribution is -2.13. The highest BCUT2D eigenvalue weighted by atomic mass is 15.1. The third-order valence-electron chi connectivity index (χ3n) is 15.0. The topological polar surface area (TPSA) is 6.48 Å². The molecule has 358 valence electrons. The molecule has 0 saturated carbocycles. The first-order chi connectivity index (χ1) is 35.9. The lowest BCUT2D eigenvalue weighted by molar-refractivity contribution is 0.590. The van der Waals surface area contributed by atoms with E-state index < -0.39 is 0 Å². The molecule has 0 radical (unpaired) electrons. The van der Waals surface area contributed by atoms with Crippen LogP contribution in [0.1, 0.15) is 52.7 Å². The maximum atomic E-state index is 2.37. The van der Waals surface area contributed by atoms with Gasteiger partial charge in [0.05, 0.1) is 0 Å². The highest BCUT2D eigenvalue weighted by Crippen LogP contribution is 2.45. The third kappa shape index (κ3) is 8.77. The van der Waals surface area contributed by atoms with Crippen molar-refractivity contribution in [3.05, 3.63) is 266 Å². The van der Waals surface area contributed by atoms with Gasteiger partial charge in [0.1, 0.15) is 0 Å². The molecule has 0 amide bonds. The average molecular weight is 953 g/mol. The van der Waals surface area contributed by atoms with Crippen molar-refractivity contribution in [3.8, 4) is 44.5 Å². The number of nitrogens with zero attached hydrogens (tertiary/aromatic N) is 2. The van der Waals surface area contributed by atoms with Crippen LogP contribution in [0.3, 0.4) is 0 Å². The molecule has 0 N–H and O–H groups in total. The molecule has 0 heterocycles. The predicted octanol–water partition coefficient (Wildman–Crippen LogP) is 20.8. The van der Waals surface area contributed by atoms with Crippen LogP contribution in [0, 0.1) is 0 Å². The van der Waals surface area contributed by atoms with Gasteiger partial charge >= 0.3 is 0 Å². The Morgan fingerprint density at radius 2 is 0.486 bits per heavy atom. The van der Waals surface area contributed by atoms with Gasteiger partial charge in [-0.1, -0.05) is 224 Å². The van der Waals surface area contributed by atoms with Gasteiger partial charge in [-0.2, -0.15) is 0 Å². The summed E-state index contributed by atoms with van der Waals surface area (Å²) < 4.78 is 0. The summed E-state index contributed by atoms with van der Waals surface area (Å²) in [4.78, 5) is 4.74. The van der Waals surface area contributed by atoms with Gasteiger partial charge in [-0.15, -0.1) is 0 Å². The monoisotopic (exact) mass is 952 g/mol. The highest BCUT2D eigenvalue weighted by molar-refractivity contribution is 6.27. The molecule has 0 saturated heterocycles. The van der Waals surface area contributed by atoms with E-state index in [1.54, 1.807) is 0 Å². The number of benzene rings is 12. The van der Waals surface area contributed by atoms with Gasteiger partial charge in [0.2, 0.25) is 0 Å². The van der Waals surface area contributed by atoms with Crippen LogP contribution in [-0.4, -0.2) is 0 Å². The molecule has 0 aliphatic carbocycles. The summed E-state index contributed by atoms with van der Waals surface area (Å²) in [5.74, 6) is 0. The molecule has 12 aromatic rings. The number of anilines is 6. The van der Waals surface area contributed by atoms with E-state index in [-0.39, 0.29) is 10.8 Å². The minimum absolute atomic E-state index is 0.0660. The molecule has 0 unspecified atom stereocenters. The van der Waals surface area contributed by atoms with Crippen LogP contribution in [0.2, 0.25) is 0 Å². The summed E-state index contributed by atoms with van der Waals surface area (Å²) in [6.07, 6.45) is 0. The molecule has 2 nitrogen and oxygen atoms in total. The first-order valence-corrected chi connectivity index (χ1v) is 26.0. The number of hydrogen-bond acceptors (Lipinski definition) is 2. The van der Waals surface area contributed by atoms with Gasteiger partial charge < -0.3 is 9.80 Å². The number of hydrogen-bond donors (Lipinski definition) is 0. The second-order valence-corrected chi connectivity index (χ2v) is 21.8. The standard InChI is InChI=1S/C72H60N2/c1-71(2,3)57-29-41-63(42-30-57)73(59-33-17-51(18-34-59)49-13-9-7-10-14-49)61-37-21-53(22-38-61)65-45-25-55-28-48-68-66(46-26-56-27-47-67(65)69(55)70(56)68)54-23-39-62(40-24-54)74(64-43-31-58(32-44-64)72(4,5)6)60-35-19-52(20-36-60)50-15-11-8-12-16-50/h7-48H,1-6H3. The van der Waals surface area contributed by atoms with Crippen LogP contribution in [-0.2, 0) is 10.8 Å². The quantitative estimate of drug-likeness (QED) is 0.126. The molecule has 2 heteroatoms. The fourth-order valence-corrected chi connectivity index (χ4v) is 10.9. The van der Waals surface area contributed by atoms with Gasteiger partial charge in [-0.25, -0.2) is 0 Å². The minimum atomic E-state index is 0.0660. The van der Waals surface area contributed by atoms with Crippen molar-refractivity contribution in [2.75, 3.05) is 9.80 Å². The number of rotatable bonds is 10. The largest absolute Gasteiger partial charge is 0.311 e. The van der Waals surface area contributed by atoms with E-state index in [0.717, 1.165) is 34.1 Å². The van der Waals surface area contributed by atoms with E-state index >= 15 is 0 Å². The van der Waals surface area contributed by atoms with Crippen molar-refractivity contribution < 1.29 is 0 Å². The average Bonchev–Trinajstić information content (AvgIpc) is 3.43. The lowest BCUT2D eigenvalue weighted by Gasteiger charge is -2.27. The van der Waals surface area contributed by atoms with E-state index in [1.165, 1.54) is 88.0 Å². The fraction of sp³-hybridized carbons (Fsp3) is 0.111. The summed E-state index contributed by atoms with van der Waals surface area (Å²) in [5, 5.41) is 7.64. The van der Waals surface area contributed by atoms with Gasteiger partial charge in [0, 0.05) is 34.1 Å². The molecule has 74 heavy (non-hydrogen) atoms. The van der Waals surface area contributed by atoms with E-state index in [2.05, 4.69) is 306 Å². The van der Waals surface area contributed by atoms with Crippen molar-refractivity contribution in [1.29, 1.82) is 0 Å². The predicted molar refractivity (Wildman–Crippen MR) is 319 cm³/mol.